The summed E-state index contributed by atoms with van der Waals surface area (Å²) in [5.41, 5.74) is 0. The van der Waals surface area contributed by atoms with E-state index >= 15 is 0 Å². The van der Waals surface area contributed by atoms with Crippen LogP contribution in [-0.2, 0) is 14.3 Å². The van der Waals surface area contributed by atoms with Gasteiger partial charge in [0.15, 0.2) is 0 Å². The first-order chi connectivity index (χ1) is 29.5. The van der Waals surface area contributed by atoms with Gasteiger partial charge >= 0.3 is 5.97 Å². The van der Waals surface area contributed by atoms with E-state index < -0.39 is 12.1 Å². The van der Waals surface area contributed by atoms with Crippen molar-refractivity contribution in [1.82, 2.24) is 5.32 Å². The number of amides is 1. The summed E-state index contributed by atoms with van der Waals surface area (Å²) in [6, 6.07) is -0.562. The van der Waals surface area contributed by atoms with Crippen LogP contribution >= 0.6 is 0 Å². The number of allylic oxidation sites excluding steroid dienone is 4. The van der Waals surface area contributed by atoms with Gasteiger partial charge in [0.2, 0.25) is 5.91 Å². The second-order valence-corrected chi connectivity index (χ2v) is 18.2. The van der Waals surface area contributed by atoms with E-state index in [4.69, 9.17) is 4.74 Å². The van der Waals surface area contributed by atoms with E-state index in [0.29, 0.717) is 25.9 Å². The predicted molar refractivity (Wildman–Crippen MR) is 260 cm³/mol. The maximum Gasteiger partial charge on any atom is 0.305 e. The molecule has 2 atom stereocenters. The normalized spacial score (nSPS) is 12.8. The molecular weight excluding hydrogens is 743 g/mol. The first-order valence-corrected chi connectivity index (χ1v) is 26.6. The Labute approximate surface area is 373 Å². The highest BCUT2D eigenvalue weighted by atomic mass is 16.5. The molecule has 354 valence electrons. The average molecular weight is 846 g/mol. The zero-order valence-corrected chi connectivity index (χ0v) is 40.2. The molecule has 0 aliphatic rings. The summed E-state index contributed by atoms with van der Waals surface area (Å²) in [5.74, 6) is -0.0980. The molecule has 0 saturated heterocycles. The van der Waals surface area contributed by atoms with E-state index in [0.717, 1.165) is 83.5 Å². The number of hydrogen-bond donors (Lipinski definition) is 3. The summed E-state index contributed by atoms with van der Waals surface area (Å²) in [6.07, 6.45) is 58.6. The van der Waals surface area contributed by atoms with Crippen LogP contribution in [0.25, 0.3) is 0 Å². The fourth-order valence-corrected chi connectivity index (χ4v) is 8.10. The van der Waals surface area contributed by atoms with Crippen molar-refractivity contribution in [3.63, 3.8) is 0 Å². The Kier molecular flexibility index (Phi) is 48.6. The summed E-state index contributed by atoms with van der Waals surface area (Å²) in [4.78, 5) is 24.5. The molecule has 0 radical (unpaired) electrons. The minimum absolute atomic E-state index is 0.0344. The number of aliphatic hydroxyl groups excluding tert-OH is 2. The first kappa shape index (κ1) is 58.3. The van der Waals surface area contributed by atoms with E-state index in [-0.39, 0.29) is 18.5 Å². The topological polar surface area (TPSA) is 95.9 Å². The third-order valence-corrected chi connectivity index (χ3v) is 12.2. The van der Waals surface area contributed by atoms with E-state index in [2.05, 4.69) is 43.5 Å². The molecule has 0 rings (SSSR count). The van der Waals surface area contributed by atoms with E-state index in [1.807, 2.05) is 0 Å². The van der Waals surface area contributed by atoms with Gasteiger partial charge in [-0.05, 0) is 77.0 Å². The molecule has 0 spiro atoms. The number of esters is 1. The zero-order chi connectivity index (χ0) is 43.7. The molecule has 0 aromatic rings. The summed E-state index contributed by atoms with van der Waals surface area (Å²) < 4.78 is 5.44. The molecule has 0 aliphatic carbocycles. The van der Waals surface area contributed by atoms with Gasteiger partial charge in [0.1, 0.15) is 0 Å². The maximum absolute atomic E-state index is 12.4. The molecule has 2 unspecified atom stereocenters. The van der Waals surface area contributed by atoms with Crippen LogP contribution in [0.5, 0.6) is 0 Å². The summed E-state index contributed by atoms with van der Waals surface area (Å²) in [7, 11) is 0. The van der Waals surface area contributed by atoms with E-state index in [1.54, 1.807) is 0 Å². The Morgan fingerprint density at radius 1 is 0.450 bits per heavy atom. The fraction of sp³-hybridized carbons (Fsp3) is 0.889. The minimum Gasteiger partial charge on any atom is -0.466 e. The monoisotopic (exact) mass is 846 g/mol. The van der Waals surface area contributed by atoms with Crippen molar-refractivity contribution in [3.05, 3.63) is 24.3 Å². The van der Waals surface area contributed by atoms with Crippen LogP contribution in [0.15, 0.2) is 24.3 Å². The Morgan fingerprint density at radius 3 is 1.18 bits per heavy atom. The van der Waals surface area contributed by atoms with Crippen molar-refractivity contribution >= 4 is 11.9 Å². The molecule has 0 saturated carbocycles. The molecule has 1 amide bonds. The highest BCUT2D eigenvalue weighted by molar-refractivity contribution is 5.76. The molecule has 0 heterocycles. The Hall–Kier alpha value is -1.66. The summed E-state index contributed by atoms with van der Waals surface area (Å²) >= 11 is 0. The number of aliphatic hydroxyl groups is 2. The van der Waals surface area contributed by atoms with E-state index in [1.165, 1.54) is 167 Å². The van der Waals surface area contributed by atoms with Crippen LogP contribution in [0.2, 0.25) is 0 Å². The average Bonchev–Trinajstić information content (AvgIpc) is 3.25. The van der Waals surface area contributed by atoms with Gasteiger partial charge in [-0.1, -0.05) is 218 Å². The van der Waals surface area contributed by atoms with Crippen molar-refractivity contribution in [2.45, 2.75) is 296 Å². The second kappa shape index (κ2) is 50.0. The van der Waals surface area contributed by atoms with Crippen LogP contribution in [-0.4, -0.2) is 47.4 Å². The van der Waals surface area contributed by atoms with Gasteiger partial charge in [-0.2, -0.15) is 0 Å². The summed E-state index contributed by atoms with van der Waals surface area (Å²) in [5, 5.41) is 23.2. The highest BCUT2D eigenvalue weighted by Crippen LogP contribution is 2.16. The largest absolute Gasteiger partial charge is 0.466 e. The molecular formula is C54H103NO5. The SMILES string of the molecule is CCCCCCCC/C=C\CCCCCCCCCC(=O)OCCCC/C=C\CCCCCCCC(=O)NC(CO)C(O)CCCCCCCCCCCCCCCCC. The van der Waals surface area contributed by atoms with Crippen molar-refractivity contribution in [3.8, 4) is 0 Å². The second-order valence-electron chi connectivity index (χ2n) is 18.2. The van der Waals surface area contributed by atoms with Crippen LogP contribution in [0.1, 0.15) is 284 Å². The standard InChI is InChI=1S/C54H103NO5/c1-3-5-7-9-11-13-15-17-19-20-22-24-28-32-36-40-44-48-54(59)60-49-45-41-37-33-29-25-27-31-35-39-43-47-53(58)55-51(50-56)52(57)46-42-38-34-30-26-23-21-18-16-14-12-10-8-6-4-2/h17,19,29,33,51-52,56-57H,3-16,18,20-28,30-32,34-50H2,1-2H3,(H,55,58)/b19-17-,33-29-. The van der Waals surface area contributed by atoms with Gasteiger partial charge in [-0.3, -0.25) is 9.59 Å². The lowest BCUT2D eigenvalue weighted by Crippen LogP contribution is -2.45. The molecule has 0 bridgehead atoms. The van der Waals surface area contributed by atoms with Gasteiger partial charge in [0, 0.05) is 12.8 Å². The molecule has 6 nitrogen and oxygen atoms in total. The molecule has 6 heteroatoms. The van der Waals surface area contributed by atoms with Gasteiger partial charge in [0.05, 0.1) is 25.4 Å². The highest BCUT2D eigenvalue weighted by Gasteiger charge is 2.20. The third-order valence-electron chi connectivity index (χ3n) is 12.2. The lowest BCUT2D eigenvalue weighted by atomic mass is 10.0. The lowest BCUT2D eigenvalue weighted by Gasteiger charge is -2.22. The van der Waals surface area contributed by atoms with Crippen molar-refractivity contribution in [1.29, 1.82) is 0 Å². The Balaban J connectivity index is 3.51. The maximum atomic E-state index is 12.4. The van der Waals surface area contributed by atoms with Crippen LogP contribution < -0.4 is 5.32 Å². The number of ether oxygens (including phenoxy) is 1. The number of nitrogens with one attached hydrogen (secondary N) is 1. The molecule has 3 N–H and O–H groups in total. The van der Waals surface area contributed by atoms with Crippen molar-refractivity contribution in [2.75, 3.05) is 13.2 Å². The van der Waals surface area contributed by atoms with Crippen LogP contribution in [0, 0.1) is 0 Å². The van der Waals surface area contributed by atoms with Crippen molar-refractivity contribution in [2.24, 2.45) is 0 Å². The van der Waals surface area contributed by atoms with Gasteiger partial charge in [-0.15, -0.1) is 0 Å². The molecule has 60 heavy (non-hydrogen) atoms. The quantitative estimate of drug-likeness (QED) is 0.0322. The number of unbranched alkanes of at least 4 members (excludes halogenated alkanes) is 34. The van der Waals surface area contributed by atoms with Gasteiger partial charge in [0.25, 0.3) is 0 Å². The number of hydrogen-bond acceptors (Lipinski definition) is 5. The van der Waals surface area contributed by atoms with Gasteiger partial charge < -0.3 is 20.3 Å². The van der Waals surface area contributed by atoms with Crippen LogP contribution in [0.3, 0.4) is 0 Å². The third kappa shape index (κ3) is 45.9. The molecule has 0 aromatic heterocycles. The van der Waals surface area contributed by atoms with Gasteiger partial charge in [-0.25, -0.2) is 0 Å². The smallest absolute Gasteiger partial charge is 0.305 e. The Bertz CT molecular complexity index is 935. The lowest BCUT2D eigenvalue weighted by molar-refractivity contribution is -0.143. The number of rotatable bonds is 49. The Morgan fingerprint density at radius 2 is 0.783 bits per heavy atom. The number of carbonyl (C=O) groups excluding carboxylic acids is 2. The number of carbonyl (C=O) groups is 2. The van der Waals surface area contributed by atoms with Crippen LogP contribution in [0.4, 0.5) is 0 Å². The fourth-order valence-electron chi connectivity index (χ4n) is 8.10. The molecule has 0 fully saturated rings. The minimum atomic E-state index is -0.682. The van der Waals surface area contributed by atoms with E-state index in [9.17, 15) is 19.8 Å². The summed E-state index contributed by atoms with van der Waals surface area (Å²) in [6.45, 7) is 4.87. The zero-order valence-electron chi connectivity index (χ0n) is 40.2. The molecule has 0 aliphatic heterocycles. The predicted octanol–water partition coefficient (Wildman–Crippen LogP) is 15.9. The first-order valence-electron chi connectivity index (χ1n) is 26.6. The van der Waals surface area contributed by atoms with Crippen molar-refractivity contribution < 1.29 is 24.5 Å². The molecule has 0 aromatic carbocycles.